The zero-order valence-corrected chi connectivity index (χ0v) is 23.2. The second-order valence-electron chi connectivity index (χ2n) is 8.96. The lowest BCUT2D eigenvalue weighted by Gasteiger charge is -2.24. The zero-order valence-electron chi connectivity index (χ0n) is 22.4. The monoisotopic (exact) mass is 550 g/mol. The maximum atomic E-state index is 13.5. The third kappa shape index (κ3) is 5.51. The van der Waals surface area contributed by atoms with E-state index in [1.165, 1.54) is 4.90 Å². The van der Waals surface area contributed by atoms with E-state index in [4.69, 9.17) is 14.2 Å². The predicted octanol–water partition coefficient (Wildman–Crippen LogP) is 5.44. The van der Waals surface area contributed by atoms with Gasteiger partial charge in [-0.25, -0.2) is 9.78 Å². The highest BCUT2D eigenvalue weighted by atomic mass is 32.1. The minimum atomic E-state index is -1.06. The number of ether oxygens (including phenoxy) is 3. The fourth-order valence-electron chi connectivity index (χ4n) is 4.31. The topological polar surface area (TPSA) is 115 Å². The molecule has 1 N–H and O–H groups in total. The van der Waals surface area contributed by atoms with E-state index in [-0.39, 0.29) is 34.1 Å². The molecule has 1 aliphatic heterocycles. The maximum absolute atomic E-state index is 13.5. The minimum Gasteiger partial charge on any atom is -0.507 e. The van der Waals surface area contributed by atoms with Crippen LogP contribution in [0, 0.1) is 6.92 Å². The first-order valence-electron chi connectivity index (χ1n) is 12.6. The molecule has 3 aromatic rings. The maximum Gasteiger partial charge on any atom is 0.350 e. The summed E-state index contributed by atoms with van der Waals surface area (Å²) in [6.45, 7) is 9.48. The molecule has 0 spiro atoms. The van der Waals surface area contributed by atoms with Crippen LogP contribution in [-0.2, 0) is 14.3 Å². The van der Waals surface area contributed by atoms with Crippen molar-refractivity contribution in [2.24, 2.45) is 0 Å². The summed E-state index contributed by atoms with van der Waals surface area (Å²) in [6.07, 6.45) is -0.0360. The van der Waals surface area contributed by atoms with E-state index in [1.807, 2.05) is 20.8 Å². The Morgan fingerprint density at radius 2 is 1.77 bits per heavy atom. The van der Waals surface area contributed by atoms with Gasteiger partial charge < -0.3 is 19.3 Å². The summed E-state index contributed by atoms with van der Waals surface area (Å²) in [5.41, 5.74) is 1.08. The van der Waals surface area contributed by atoms with E-state index >= 15 is 0 Å². The van der Waals surface area contributed by atoms with Crippen LogP contribution in [0.25, 0.3) is 5.76 Å². The van der Waals surface area contributed by atoms with E-state index < -0.39 is 23.7 Å². The van der Waals surface area contributed by atoms with Crippen LogP contribution in [0.4, 0.5) is 5.13 Å². The number of Topliss-reactive ketones (excluding diaryl/α,β-unsaturated/α-hetero) is 1. The number of hydrogen-bond acceptors (Lipinski definition) is 9. The molecule has 1 saturated heterocycles. The number of aliphatic hydroxyl groups is 1. The van der Waals surface area contributed by atoms with Gasteiger partial charge >= 0.3 is 11.9 Å². The van der Waals surface area contributed by atoms with Crippen LogP contribution in [0.15, 0.2) is 54.1 Å². The summed E-state index contributed by atoms with van der Waals surface area (Å²) in [4.78, 5) is 45.4. The Kier molecular flexibility index (Phi) is 8.35. The van der Waals surface area contributed by atoms with Crippen molar-refractivity contribution in [3.63, 3.8) is 0 Å². The Balaban J connectivity index is 1.90. The molecule has 10 heteroatoms. The van der Waals surface area contributed by atoms with Crippen LogP contribution in [0.1, 0.15) is 60.2 Å². The van der Waals surface area contributed by atoms with Gasteiger partial charge in [-0.2, -0.15) is 0 Å². The number of para-hydroxylation sites is 1. The molecule has 1 unspecified atom stereocenters. The Morgan fingerprint density at radius 1 is 1.08 bits per heavy atom. The first-order chi connectivity index (χ1) is 18.7. The van der Waals surface area contributed by atoms with Gasteiger partial charge in [0.05, 0.1) is 30.6 Å². The summed E-state index contributed by atoms with van der Waals surface area (Å²) in [5, 5.41) is 11.6. The van der Waals surface area contributed by atoms with Crippen molar-refractivity contribution >= 4 is 39.9 Å². The molecule has 0 aliphatic carbocycles. The smallest absolute Gasteiger partial charge is 0.350 e. The third-order valence-corrected chi connectivity index (χ3v) is 7.05. The Bertz CT molecular complexity index is 1430. The molecular weight excluding hydrogens is 520 g/mol. The summed E-state index contributed by atoms with van der Waals surface area (Å²) >= 11 is 0.951. The SMILES string of the molecule is CCOC(=O)c1sc(N2C(=O)C(=O)/C(=C(/O)c3ccc(OC(C)C)cc3)C2c2ccccc2OCC)nc1C. The average molecular weight is 551 g/mol. The van der Waals surface area contributed by atoms with Crippen molar-refractivity contribution in [2.45, 2.75) is 46.8 Å². The van der Waals surface area contributed by atoms with Gasteiger partial charge in [-0.1, -0.05) is 29.5 Å². The van der Waals surface area contributed by atoms with Gasteiger partial charge in [-0.3, -0.25) is 14.5 Å². The number of nitrogens with zero attached hydrogens (tertiary/aromatic N) is 2. The lowest BCUT2D eigenvalue weighted by molar-refractivity contribution is -0.132. The standard InChI is InChI=1S/C29H30N2O7S/c1-6-36-21-11-9-8-10-20(21)23-22(24(32)18-12-14-19(15-13-18)38-16(3)4)25(33)27(34)31(23)29-30-17(5)26(39-29)28(35)37-7-2/h8-16,23,32H,6-7H2,1-5H3/b24-22+. The lowest BCUT2D eigenvalue weighted by Crippen LogP contribution is -2.29. The largest absolute Gasteiger partial charge is 0.507 e. The van der Waals surface area contributed by atoms with Crippen LogP contribution in [0.2, 0.25) is 0 Å². The van der Waals surface area contributed by atoms with Gasteiger partial charge in [0.15, 0.2) is 5.13 Å². The highest BCUT2D eigenvalue weighted by Gasteiger charge is 2.49. The molecule has 4 rings (SSSR count). The van der Waals surface area contributed by atoms with Crippen molar-refractivity contribution in [2.75, 3.05) is 18.1 Å². The van der Waals surface area contributed by atoms with E-state index in [0.29, 0.717) is 34.9 Å². The average Bonchev–Trinajstić information content (AvgIpc) is 3.41. The molecule has 1 aromatic heterocycles. The van der Waals surface area contributed by atoms with Crippen LogP contribution < -0.4 is 14.4 Å². The highest BCUT2D eigenvalue weighted by molar-refractivity contribution is 7.17. The number of anilines is 1. The van der Waals surface area contributed by atoms with E-state index in [1.54, 1.807) is 62.4 Å². The number of aryl methyl sites for hydroxylation is 1. The second kappa shape index (κ2) is 11.7. The number of thiazole rings is 1. The molecule has 0 bridgehead atoms. The molecule has 2 aromatic carbocycles. The zero-order chi connectivity index (χ0) is 28.3. The summed E-state index contributed by atoms with van der Waals surface area (Å²) in [7, 11) is 0. The van der Waals surface area contributed by atoms with Gasteiger partial charge in [0, 0.05) is 11.1 Å². The van der Waals surface area contributed by atoms with E-state index in [9.17, 15) is 19.5 Å². The van der Waals surface area contributed by atoms with Crippen LogP contribution in [-0.4, -0.2) is 47.1 Å². The molecule has 204 valence electrons. The van der Waals surface area contributed by atoms with Gasteiger partial charge in [0.25, 0.3) is 5.78 Å². The number of carbonyl (C=O) groups excluding carboxylic acids is 3. The quantitative estimate of drug-likeness (QED) is 0.162. The Labute approximate surface area is 230 Å². The molecule has 1 amide bonds. The highest BCUT2D eigenvalue weighted by Crippen LogP contribution is 2.46. The molecule has 9 nitrogen and oxygen atoms in total. The van der Waals surface area contributed by atoms with E-state index in [0.717, 1.165) is 11.3 Å². The number of benzene rings is 2. The first kappa shape index (κ1) is 27.8. The molecule has 1 fully saturated rings. The second-order valence-corrected chi connectivity index (χ2v) is 9.94. The fourth-order valence-corrected chi connectivity index (χ4v) is 5.30. The summed E-state index contributed by atoms with van der Waals surface area (Å²) < 4.78 is 16.6. The van der Waals surface area contributed by atoms with Crippen molar-refractivity contribution in [1.82, 2.24) is 4.98 Å². The number of aliphatic hydroxyl groups excluding tert-OH is 1. The van der Waals surface area contributed by atoms with Crippen LogP contribution in [0.5, 0.6) is 11.5 Å². The normalized spacial score (nSPS) is 16.6. The van der Waals surface area contributed by atoms with Gasteiger partial charge in [0.2, 0.25) is 0 Å². The van der Waals surface area contributed by atoms with E-state index in [2.05, 4.69) is 4.98 Å². The van der Waals surface area contributed by atoms with Crippen LogP contribution in [0.3, 0.4) is 0 Å². The minimum absolute atomic E-state index is 0.0360. The fraction of sp³-hybridized carbons (Fsp3) is 0.310. The molecule has 39 heavy (non-hydrogen) atoms. The third-order valence-electron chi connectivity index (χ3n) is 5.91. The van der Waals surface area contributed by atoms with Gasteiger partial charge in [0.1, 0.15) is 28.2 Å². The number of rotatable bonds is 9. The Morgan fingerprint density at radius 3 is 2.41 bits per heavy atom. The molecule has 0 saturated carbocycles. The van der Waals surface area contributed by atoms with Crippen molar-refractivity contribution < 1.29 is 33.7 Å². The first-order valence-corrected chi connectivity index (χ1v) is 13.4. The number of carbonyl (C=O) groups is 3. The molecule has 1 atom stereocenters. The molecular formula is C29H30N2O7S. The Hall–Kier alpha value is -4.18. The lowest BCUT2D eigenvalue weighted by atomic mass is 9.94. The van der Waals surface area contributed by atoms with Crippen LogP contribution >= 0.6 is 11.3 Å². The van der Waals surface area contributed by atoms with Crippen molar-refractivity contribution in [3.05, 3.63) is 75.8 Å². The molecule has 0 radical (unpaired) electrons. The number of aromatic nitrogens is 1. The number of ketones is 1. The summed E-state index contributed by atoms with van der Waals surface area (Å²) in [5.74, 6) is -1.62. The number of amides is 1. The van der Waals surface area contributed by atoms with Crippen molar-refractivity contribution in [1.29, 1.82) is 0 Å². The van der Waals surface area contributed by atoms with Gasteiger partial charge in [-0.15, -0.1) is 0 Å². The molecule has 1 aliphatic rings. The summed E-state index contributed by atoms with van der Waals surface area (Å²) in [6, 6.07) is 12.6. The predicted molar refractivity (Wildman–Crippen MR) is 147 cm³/mol. The van der Waals surface area contributed by atoms with Crippen molar-refractivity contribution in [3.8, 4) is 11.5 Å². The molecule has 2 heterocycles. The number of esters is 1. The number of hydrogen-bond donors (Lipinski definition) is 1. The van der Waals surface area contributed by atoms with Gasteiger partial charge in [-0.05, 0) is 65.0 Å².